The van der Waals surface area contributed by atoms with Crippen LogP contribution in [-0.4, -0.2) is 59.8 Å². The minimum Gasteiger partial charge on any atom is -0.394 e. The lowest BCUT2D eigenvalue weighted by Gasteiger charge is -2.16. The van der Waals surface area contributed by atoms with Crippen LogP contribution in [0.5, 0.6) is 0 Å². The zero-order valence-electron chi connectivity index (χ0n) is 9.59. The highest BCUT2D eigenvalue weighted by atomic mass is 127. The van der Waals surface area contributed by atoms with Crippen molar-refractivity contribution >= 4 is 33.8 Å². The maximum absolute atomic E-state index is 9.98. The molecule has 0 aromatic carbocycles. The molecule has 0 saturated carbocycles. The van der Waals surface area contributed by atoms with E-state index in [0.29, 0.717) is 14.9 Å². The van der Waals surface area contributed by atoms with Crippen LogP contribution in [0.4, 0.5) is 0 Å². The van der Waals surface area contributed by atoms with E-state index in [-0.39, 0.29) is 6.61 Å². The van der Waals surface area contributed by atoms with Gasteiger partial charge in [-0.15, -0.1) is 0 Å². The molecule has 8 nitrogen and oxygen atoms in total. The number of hydrogen-bond acceptors (Lipinski definition) is 7. The molecule has 0 radical (unpaired) electrons. The van der Waals surface area contributed by atoms with Crippen molar-refractivity contribution in [1.29, 1.82) is 0 Å². The van der Waals surface area contributed by atoms with Gasteiger partial charge in [-0.2, -0.15) is 0 Å². The quantitative estimate of drug-likeness (QED) is 0.456. The molecular formula is C10H11IN4O4. The molecule has 1 aliphatic rings. The summed E-state index contributed by atoms with van der Waals surface area (Å²) in [5.74, 6) is 0. The molecule has 1 saturated heterocycles. The Labute approximate surface area is 121 Å². The molecule has 19 heavy (non-hydrogen) atoms. The second kappa shape index (κ2) is 4.90. The standard InChI is InChI=1S/C10H11IN4O4/c11-8-5-9(13-2-12-8)15(3-14-5)10-7(18)6(17)4(1-16)19-10/h2-4,6-7,10,16-18H,1H2/t4-,6+,7-,10-/m0/s1. The van der Waals surface area contributed by atoms with E-state index in [2.05, 4.69) is 15.0 Å². The van der Waals surface area contributed by atoms with Gasteiger partial charge in [-0.25, -0.2) is 15.0 Å². The summed E-state index contributed by atoms with van der Waals surface area (Å²) in [6.45, 7) is -0.367. The van der Waals surface area contributed by atoms with Gasteiger partial charge in [-0.05, 0) is 22.6 Å². The number of nitrogens with zero attached hydrogens (tertiary/aromatic N) is 4. The molecular weight excluding hydrogens is 367 g/mol. The van der Waals surface area contributed by atoms with Gasteiger partial charge in [-0.1, -0.05) is 0 Å². The first kappa shape index (κ1) is 13.1. The molecule has 0 amide bonds. The second-order valence-corrected chi connectivity index (χ2v) is 5.24. The number of aliphatic hydroxyl groups is 3. The van der Waals surface area contributed by atoms with Crippen LogP contribution >= 0.6 is 22.6 Å². The first-order chi connectivity index (χ1) is 9.13. The van der Waals surface area contributed by atoms with Crippen molar-refractivity contribution in [3.05, 3.63) is 16.4 Å². The van der Waals surface area contributed by atoms with Crippen LogP contribution in [0.3, 0.4) is 0 Å². The number of fused-ring (bicyclic) bond motifs is 1. The first-order valence-corrected chi connectivity index (χ1v) is 6.67. The van der Waals surface area contributed by atoms with Gasteiger partial charge in [0.1, 0.15) is 33.9 Å². The summed E-state index contributed by atoms with van der Waals surface area (Å²) < 4.78 is 7.66. The molecule has 2 aromatic heterocycles. The van der Waals surface area contributed by atoms with Crippen molar-refractivity contribution in [1.82, 2.24) is 19.5 Å². The zero-order valence-corrected chi connectivity index (χ0v) is 11.7. The monoisotopic (exact) mass is 378 g/mol. The van der Waals surface area contributed by atoms with E-state index in [0.717, 1.165) is 0 Å². The normalized spacial score (nSPS) is 31.2. The Hall–Kier alpha value is -0.880. The third-order valence-electron chi connectivity index (χ3n) is 3.11. The predicted molar refractivity (Wildman–Crippen MR) is 71.0 cm³/mol. The van der Waals surface area contributed by atoms with E-state index in [1.807, 2.05) is 22.6 Å². The van der Waals surface area contributed by atoms with Crippen LogP contribution in [0.25, 0.3) is 11.2 Å². The predicted octanol–water partition coefficient (Wildman–Crippen LogP) is -0.958. The van der Waals surface area contributed by atoms with Crippen LogP contribution in [-0.2, 0) is 4.74 Å². The lowest BCUT2D eigenvalue weighted by atomic mass is 10.1. The van der Waals surface area contributed by atoms with Crippen LogP contribution in [0.15, 0.2) is 12.7 Å². The Bertz CT molecular complexity index is 606. The molecule has 2 aromatic rings. The van der Waals surface area contributed by atoms with Gasteiger partial charge < -0.3 is 20.1 Å². The van der Waals surface area contributed by atoms with E-state index in [4.69, 9.17) is 9.84 Å². The molecule has 0 spiro atoms. The van der Waals surface area contributed by atoms with Gasteiger partial charge in [0, 0.05) is 0 Å². The summed E-state index contributed by atoms with van der Waals surface area (Å²) >= 11 is 2.04. The Morgan fingerprint density at radius 3 is 2.74 bits per heavy atom. The Morgan fingerprint density at radius 2 is 2.05 bits per heavy atom. The number of halogens is 1. The van der Waals surface area contributed by atoms with Crippen LogP contribution in [0.2, 0.25) is 0 Å². The van der Waals surface area contributed by atoms with Crippen molar-refractivity contribution in [3.8, 4) is 0 Å². The molecule has 1 aliphatic heterocycles. The molecule has 3 rings (SSSR count). The average Bonchev–Trinajstić information content (AvgIpc) is 2.94. The molecule has 1 fully saturated rings. The molecule has 3 heterocycles. The van der Waals surface area contributed by atoms with Crippen LogP contribution in [0, 0.1) is 3.70 Å². The number of aromatic nitrogens is 4. The summed E-state index contributed by atoms with van der Waals surface area (Å²) in [6.07, 6.45) is -1.08. The van der Waals surface area contributed by atoms with Gasteiger partial charge in [-0.3, -0.25) is 4.57 Å². The zero-order chi connectivity index (χ0) is 13.6. The minimum absolute atomic E-state index is 0.367. The maximum atomic E-state index is 9.98. The van der Waals surface area contributed by atoms with E-state index in [9.17, 15) is 10.2 Å². The van der Waals surface area contributed by atoms with Gasteiger partial charge in [0.25, 0.3) is 0 Å². The first-order valence-electron chi connectivity index (χ1n) is 5.59. The third-order valence-corrected chi connectivity index (χ3v) is 3.89. The SMILES string of the molecule is OC[C@@H]1O[C@H](n2cnc3c(I)ncnc32)[C@@H](O)[C@@H]1O. The van der Waals surface area contributed by atoms with Crippen molar-refractivity contribution in [2.75, 3.05) is 6.61 Å². The van der Waals surface area contributed by atoms with Crippen LogP contribution < -0.4 is 0 Å². The minimum atomic E-state index is -1.15. The fourth-order valence-corrected chi connectivity index (χ4v) is 2.62. The molecule has 0 aliphatic carbocycles. The maximum Gasteiger partial charge on any atom is 0.166 e. The average molecular weight is 378 g/mol. The van der Waals surface area contributed by atoms with E-state index >= 15 is 0 Å². The molecule has 9 heteroatoms. The van der Waals surface area contributed by atoms with E-state index in [1.165, 1.54) is 17.2 Å². The van der Waals surface area contributed by atoms with Crippen molar-refractivity contribution in [2.45, 2.75) is 24.5 Å². The molecule has 3 N–H and O–H groups in total. The largest absolute Gasteiger partial charge is 0.394 e. The van der Waals surface area contributed by atoms with Gasteiger partial charge >= 0.3 is 0 Å². The summed E-state index contributed by atoms with van der Waals surface area (Å²) in [6, 6.07) is 0. The summed E-state index contributed by atoms with van der Waals surface area (Å²) in [5, 5.41) is 28.8. The summed E-state index contributed by atoms with van der Waals surface area (Å²) in [7, 11) is 0. The number of imidazole rings is 1. The summed E-state index contributed by atoms with van der Waals surface area (Å²) in [5.41, 5.74) is 1.11. The van der Waals surface area contributed by atoms with Gasteiger partial charge in [0.15, 0.2) is 11.9 Å². The number of rotatable bonds is 2. The number of ether oxygens (including phenoxy) is 1. The van der Waals surface area contributed by atoms with Gasteiger partial charge in [0.2, 0.25) is 0 Å². The van der Waals surface area contributed by atoms with E-state index < -0.39 is 24.5 Å². The van der Waals surface area contributed by atoms with Crippen molar-refractivity contribution in [3.63, 3.8) is 0 Å². The Kier molecular flexibility index (Phi) is 3.39. The van der Waals surface area contributed by atoms with Crippen LogP contribution in [0.1, 0.15) is 6.23 Å². The molecule has 102 valence electrons. The molecule has 4 atom stereocenters. The van der Waals surface area contributed by atoms with Crippen molar-refractivity contribution < 1.29 is 20.1 Å². The highest BCUT2D eigenvalue weighted by molar-refractivity contribution is 14.1. The Morgan fingerprint density at radius 1 is 1.26 bits per heavy atom. The fraction of sp³-hybridized carbons (Fsp3) is 0.500. The number of hydrogen-bond donors (Lipinski definition) is 3. The highest BCUT2D eigenvalue weighted by Gasteiger charge is 2.43. The molecule has 0 unspecified atom stereocenters. The smallest absolute Gasteiger partial charge is 0.166 e. The van der Waals surface area contributed by atoms with Gasteiger partial charge in [0.05, 0.1) is 12.9 Å². The Balaban J connectivity index is 2.04. The lowest BCUT2D eigenvalue weighted by Crippen LogP contribution is -2.33. The second-order valence-electron chi connectivity index (χ2n) is 4.22. The third kappa shape index (κ3) is 2.01. The number of aliphatic hydroxyl groups excluding tert-OH is 3. The topological polar surface area (TPSA) is 114 Å². The van der Waals surface area contributed by atoms with Crippen molar-refractivity contribution in [2.24, 2.45) is 0 Å². The fourth-order valence-electron chi connectivity index (χ4n) is 2.12. The summed E-state index contributed by atoms with van der Waals surface area (Å²) in [4.78, 5) is 12.3. The molecule has 0 bridgehead atoms. The van der Waals surface area contributed by atoms with E-state index in [1.54, 1.807) is 0 Å². The highest BCUT2D eigenvalue weighted by Crippen LogP contribution is 2.31. The lowest BCUT2D eigenvalue weighted by molar-refractivity contribution is -0.0511.